The van der Waals surface area contributed by atoms with Gasteiger partial charge < -0.3 is 25.2 Å². The van der Waals surface area contributed by atoms with Gasteiger partial charge in [-0.05, 0) is 41.0 Å². The van der Waals surface area contributed by atoms with Gasteiger partial charge in [-0.3, -0.25) is 9.59 Å². The van der Waals surface area contributed by atoms with Crippen LogP contribution in [-0.2, 0) is 14.3 Å². The first-order chi connectivity index (χ1) is 16.9. The van der Waals surface area contributed by atoms with Crippen LogP contribution in [0.25, 0.3) is 11.1 Å². The zero-order valence-electron chi connectivity index (χ0n) is 19.5. The summed E-state index contributed by atoms with van der Waals surface area (Å²) in [5.41, 5.74) is 3.66. The Kier molecular flexibility index (Phi) is 6.23. The number of carboxylic acids is 1. The number of alkyl carbamates (subject to hydrolysis) is 1. The monoisotopic (exact) mass is 478 g/mol. The third kappa shape index (κ3) is 4.27. The van der Waals surface area contributed by atoms with Gasteiger partial charge in [0.2, 0.25) is 5.91 Å². The summed E-state index contributed by atoms with van der Waals surface area (Å²) >= 11 is 0. The molecule has 0 aromatic heterocycles. The van der Waals surface area contributed by atoms with Crippen molar-refractivity contribution in [3.63, 3.8) is 0 Å². The molecule has 8 nitrogen and oxygen atoms in total. The fraction of sp³-hybridized carbons (Fsp3) is 0.444. The summed E-state index contributed by atoms with van der Waals surface area (Å²) in [6.45, 7) is 0.654. The number of hydrogen-bond donors (Lipinski definition) is 3. The van der Waals surface area contributed by atoms with Gasteiger partial charge in [0.25, 0.3) is 0 Å². The molecule has 2 aromatic rings. The lowest BCUT2D eigenvalue weighted by molar-refractivity contribution is -0.149. The summed E-state index contributed by atoms with van der Waals surface area (Å²) in [7, 11) is 0. The summed E-state index contributed by atoms with van der Waals surface area (Å²) in [5, 5.41) is 22.5. The van der Waals surface area contributed by atoms with E-state index in [1.54, 1.807) is 4.90 Å². The van der Waals surface area contributed by atoms with Crippen LogP contribution in [0, 0.1) is 11.3 Å². The van der Waals surface area contributed by atoms with Crippen LogP contribution in [0.3, 0.4) is 0 Å². The van der Waals surface area contributed by atoms with Gasteiger partial charge in [0.15, 0.2) is 0 Å². The van der Waals surface area contributed by atoms with Crippen LogP contribution < -0.4 is 5.32 Å². The molecule has 184 valence electrons. The smallest absolute Gasteiger partial charge is 0.407 e. The number of aliphatic hydroxyl groups is 1. The van der Waals surface area contributed by atoms with Crippen LogP contribution in [0.1, 0.15) is 42.7 Å². The molecule has 1 heterocycles. The maximum Gasteiger partial charge on any atom is 0.407 e. The molecule has 5 rings (SSSR count). The minimum absolute atomic E-state index is 0.0277. The van der Waals surface area contributed by atoms with Crippen LogP contribution in [0.2, 0.25) is 0 Å². The molecule has 1 unspecified atom stereocenters. The second-order valence-corrected chi connectivity index (χ2v) is 9.89. The number of ether oxygens (including phenoxy) is 1. The van der Waals surface area contributed by atoms with E-state index in [-0.39, 0.29) is 43.9 Å². The quantitative estimate of drug-likeness (QED) is 0.563. The van der Waals surface area contributed by atoms with Crippen molar-refractivity contribution >= 4 is 18.0 Å². The largest absolute Gasteiger partial charge is 0.481 e. The van der Waals surface area contributed by atoms with E-state index >= 15 is 0 Å². The first-order valence-electron chi connectivity index (χ1n) is 12.2. The Balaban J connectivity index is 1.10. The Morgan fingerprint density at radius 2 is 1.74 bits per heavy atom. The van der Waals surface area contributed by atoms with Crippen molar-refractivity contribution in [1.29, 1.82) is 0 Å². The minimum atomic E-state index is -1.08. The van der Waals surface area contributed by atoms with Gasteiger partial charge in [-0.25, -0.2) is 4.79 Å². The molecule has 1 saturated heterocycles. The SMILES string of the molecule is O=C(NCC(O)CC(=O)N1C[C@@H]2CCC[C@]2(C(=O)O)C1)OCC1c2ccccc2-c2ccccc21. The predicted molar refractivity (Wildman–Crippen MR) is 128 cm³/mol. The van der Waals surface area contributed by atoms with Crippen molar-refractivity contribution in [3.8, 4) is 11.1 Å². The van der Waals surface area contributed by atoms with E-state index in [1.807, 2.05) is 36.4 Å². The molecule has 8 heteroatoms. The number of aliphatic carboxylic acids is 1. The Morgan fingerprint density at radius 3 is 2.37 bits per heavy atom. The van der Waals surface area contributed by atoms with Gasteiger partial charge in [0.1, 0.15) is 6.61 Å². The Bertz CT molecular complexity index is 1100. The molecule has 3 aliphatic rings. The van der Waals surface area contributed by atoms with Crippen molar-refractivity contribution in [2.75, 3.05) is 26.2 Å². The molecule has 3 N–H and O–H groups in total. The molecule has 1 aliphatic heterocycles. The first-order valence-corrected chi connectivity index (χ1v) is 12.2. The number of fused-ring (bicyclic) bond motifs is 4. The third-order valence-corrected chi connectivity index (χ3v) is 7.89. The molecule has 3 atom stereocenters. The van der Waals surface area contributed by atoms with Crippen LogP contribution in [0.15, 0.2) is 48.5 Å². The van der Waals surface area contributed by atoms with Crippen molar-refractivity contribution in [3.05, 3.63) is 59.7 Å². The maximum atomic E-state index is 12.7. The van der Waals surface area contributed by atoms with E-state index in [4.69, 9.17) is 4.74 Å². The zero-order valence-corrected chi connectivity index (χ0v) is 19.5. The van der Waals surface area contributed by atoms with Crippen LogP contribution >= 0.6 is 0 Å². The lowest BCUT2D eigenvalue weighted by Gasteiger charge is -2.23. The van der Waals surface area contributed by atoms with Crippen molar-refractivity contribution in [1.82, 2.24) is 10.2 Å². The molecular weight excluding hydrogens is 448 g/mol. The van der Waals surface area contributed by atoms with E-state index in [2.05, 4.69) is 17.4 Å². The summed E-state index contributed by atoms with van der Waals surface area (Å²) in [6, 6.07) is 16.1. The van der Waals surface area contributed by atoms with Crippen LogP contribution in [0.4, 0.5) is 4.79 Å². The van der Waals surface area contributed by atoms with E-state index in [9.17, 15) is 24.6 Å². The summed E-state index contributed by atoms with van der Waals surface area (Å²) in [5.74, 6) is -1.22. The first kappa shape index (κ1) is 23.4. The van der Waals surface area contributed by atoms with E-state index < -0.39 is 23.6 Å². The Morgan fingerprint density at radius 1 is 1.09 bits per heavy atom. The van der Waals surface area contributed by atoms with Crippen molar-refractivity contribution in [2.24, 2.45) is 11.3 Å². The molecule has 0 radical (unpaired) electrons. The Labute approximate surface area is 203 Å². The number of hydrogen-bond acceptors (Lipinski definition) is 5. The number of rotatable bonds is 7. The number of carbonyl (C=O) groups excluding carboxylic acids is 2. The second kappa shape index (κ2) is 9.34. The van der Waals surface area contributed by atoms with Crippen molar-refractivity contribution < 1.29 is 29.3 Å². The molecule has 2 amide bonds. The molecule has 1 saturated carbocycles. The molecule has 0 spiro atoms. The number of aliphatic hydroxyl groups excluding tert-OH is 1. The lowest BCUT2D eigenvalue weighted by atomic mass is 9.81. The summed E-state index contributed by atoms with van der Waals surface area (Å²) in [6.07, 6.45) is 0.352. The summed E-state index contributed by atoms with van der Waals surface area (Å²) in [4.78, 5) is 38.3. The number of likely N-dealkylation sites (tertiary alicyclic amines) is 1. The molecule has 2 aromatic carbocycles. The van der Waals surface area contributed by atoms with E-state index in [0.29, 0.717) is 13.0 Å². The average molecular weight is 479 g/mol. The number of amides is 2. The standard InChI is InChI=1S/C27H30N2O6/c30-18(12-24(31)29-14-17-6-5-11-27(17,16-29)25(32)33)13-28-26(34)35-15-23-21-9-3-1-7-19(21)20-8-2-4-10-22(20)23/h1-4,7-10,17-18,23,30H,5-6,11-16H2,(H,28,34)(H,32,33)/t17-,18?,27-/m0/s1. The van der Waals surface area contributed by atoms with E-state index in [1.165, 1.54) is 0 Å². The molecular formula is C27H30N2O6. The molecule has 2 fully saturated rings. The molecule has 35 heavy (non-hydrogen) atoms. The average Bonchev–Trinajstić information content (AvgIpc) is 3.51. The van der Waals surface area contributed by atoms with Gasteiger partial charge in [-0.15, -0.1) is 0 Å². The molecule has 0 bridgehead atoms. The highest BCUT2D eigenvalue weighted by Crippen LogP contribution is 2.49. The van der Waals surface area contributed by atoms with Crippen molar-refractivity contribution in [2.45, 2.75) is 37.7 Å². The zero-order chi connectivity index (χ0) is 24.6. The fourth-order valence-corrected chi connectivity index (χ4v) is 6.08. The van der Waals surface area contributed by atoms with Gasteiger partial charge in [0, 0.05) is 25.6 Å². The summed E-state index contributed by atoms with van der Waals surface area (Å²) < 4.78 is 5.46. The molecule has 2 aliphatic carbocycles. The highest BCUT2D eigenvalue weighted by atomic mass is 16.5. The third-order valence-electron chi connectivity index (χ3n) is 7.89. The predicted octanol–water partition coefficient (Wildman–Crippen LogP) is 2.99. The maximum absolute atomic E-state index is 12.7. The van der Waals surface area contributed by atoms with Gasteiger partial charge >= 0.3 is 12.1 Å². The second-order valence-electron chi connectivity index (χ2n) is 9.89. The van der Waals surface area contributed by atoms with Crippen LogP contribution in [0.5, 0.6) is 0 Å². The Hall–Kier alpha value is -3.39. The highest BCUT2D eigenvalue weighted by Gasteiger charge is 2.55. The number of nitrogens with one attached hydrogen (secondary N) is 1. The fourth-order valence-electron chi connectivity index (χ4n) is 6.08. The number of nitrogens with zero attached hydrogens (tertiary/aromatic N) is 1. The number of carboxylic acid groups (broad SMARTS) is 1. The lowest BCUT2D eigenvalue weighted by Crippen LogP contribution is -2.40. The van der Waals surface area contributed by atoms with Crippen LogP contribution in [-0.4, -0.2) is 65.4 Å². The number of carbonyl (C=O) groups is 3. The number of benzene rings is 2. The van der Waals surface area contributed by atoms with Gasteiger partial charge in [0.05, 0.1) is 17.9 Å². The van der Waals surface area contributed by atoms with Gasteiger partial charge in [-0.2, -0.15) is 0 Å². The minimum Gasteiger partial charge on any atom is -0.481 e. The van der Waals surface area contributed by atoms with E-state index in [0.717, 1.165) is 35.1 Å². The normalized spacial score (nSPS) is 23.3. The topological polar surface area (TPSA) is 116 Å². The van der Waals surface area contributed by atoms with Gasteiger partial charge in [-0.1, -0.05) is 55.0 Å². The highest BCUT2D eigenvalue weighted by molar-refractivity contribution is 5.82.